The number of quaternary nitrogens is 2. The molecule has 0 aliphatic carbocycles. The van der Waals surface area contributed by atoms with Gasteiger partial charge in [0.15, 0.2) is 13.1 Å². The Bertz CT molecular complexity index is 742. The van der Waals surface area contributed by atoms with Crippen LogP contribution in [0.4, 0.5) is 0 Å². The summed E-state index contributed by atoms with van der Waals surface area (Å²) < 4.78 is 12.5. The van der Waals surface area contributed by atoms with E-state index in [1.54, 1.807) is 24.3 Å². The molecule has 3 saturated heterocycles. The predicted octanol–water partition coefficient (Wildman–Crippen LogP) is 1.86. The molecule has 0 saturated carbocycles. The molecule has 2 bridgehead atoms. The van der Waals surface area contributed by atoms with E-state index in [9.17, 15) is 9.59 Å². The van der Waals surface area contributed by atoms with Crippen molar-refractivity contribution in [1.29, 1.82) is 0 Å². The summed E-state index contributed by atoms with van der Waals surface area (Å²) in [6, 6.07) is 18.4. The summed E-state index contributed by atoms with van der Waals surface area (Å²) in [6.45, 7) is 6.13. The number of para-hydroxylation sites is 2. The van der Waals surface area contributed by atoms with Crippen LogP contribution in [-0.4, -0.2) is 73.3 Å². The van der Waals surface area contributed by atoms with Gasteiger partial charge in [-0.2, -0.15) is 0 Å². The van der Waals surface area contributed by atoms with Crippen molar-refractivity contribution < 1.29 is 28.0 Å². The van der Waals surface area contributed by atoms with Crippen molar-refractivity contribution in [3.05, 3.63) is 60.7 Å². The van der Waals surface area contributed by atoms with Gasteiger partial charge in [0, 0.05) is 0 Å². The van der Waals surface area contributed by atoms with E-state index in [2.05, 4.69) is 0 Å². The van der Waals surface area contributed by atoms with Crippen LogP contribution < -0.4 is 9.47 Å². The van der Waals surface area contributed by atoms with E-state index in [4.69, 9.17) is 9.47 Å². The number of carbonyl (C=O) groups excluding carboxylic acids is 2. The monoisotopic (exact) mass is 382 g/mol. The topological polar surface area (TPSA) is 52.6 Å². The van der Waals surface area contributed by atoms with Crippen LogP contribution in [0.3, 0.4) is 0 Å². The van der Waals surface area contributed by atoms with Crippen LogP contribution in [0.25, 0.3) is 0 Å². The van der Waals surface area contributed by atoms with E-state index in [0.29, 0.717) is 24.6 Å². The Balaban J connectivity index is 1.30. The van der Waals surface area contributed by atoms with Crippen LogP contribution in [0.15, 0.2) is 60.7 Å². The third kappa shape index (κ3) is 4.24. The van der Waals surface area contributed by atoms with Crippen LogP contribution in [0.5, 0.6) is 11.5 Å². The maximum atomic E-state index is 12.4. The first-order valence-corrected chi connectivity index (χ1v) is 9.78. The fourth-order valence-electron chi connectivity index (χ4n) is 4.27. The smallest absolute Gasteiger partial charge is 0.367 e. The highest BCUT2D eigenvalue weighted by Crippen LogP contribution is 2.27. The Morgan fingerprint density at radius 2 is 0.929 bits per heavy atom. The number of rotatable bonds is 6. The number of carbonyl (C=O) groups is 2. The second-order valence-corrected chi connectivity index (χ2v) is 7.92. The van der Waals surface area contributed by atoms with Gasteiger partial charge < -0.3 is 18.4 Å². The van der Waals surface area contributed by atoms with Crippen molar-refractivity contribution in [2.24, 2.45) is 0 Å². The molecule has 0 atom stereocenters. The fourth-order valence-corrected chi connectivity index (χ4v) is 4.27. The molecule has 0 aromatic heterocycles. The van der Waals surface area contributed by atoms with Crippen molar-refractivity contribution in [2.75, 3.05) is 52.4 Å². The molecular formula is C22H26N2O4+2. The molecule has 0 radical (unpaired) electrons. The molecular weight excluding hydrogens is 356 g/mol. The minimum atomic E-state index is -0.184. The summed E-state index contributed by atoms with van der Waals surface area (Å²) in [6.07, 6.45) is 0. The number of ether oxygens (including phenoxy) is 2. The number of nitrogens with zero attached hydrogens (tertiary/aromatic N) is 2. The van der Waals surface area contributed by atoms with Crippen molar-refractivity contribution in [1.82, 2.24) is 0 Å². The molecule has 5 rings (SSSR count). The third-order valence-electron chi connectivity index (χ3n) is 6.02. The first-order valence-electron chi connectivity index (χ1n) is 9.78. The first-order chi connectivity index (χ1) is 13.6. The molecule has 3 fully saturated rings. The molecule has 6 nitrogen and oxygen atoms in total. The van der Waals surface area contributed by atoms with Gasteiger partial charge in [-0.15, -0.1) is 0 Å². The summed E-state index contributed by atoms with van der Waals surface area (Å²) in [4.78, 5) is 24.8. The van der Waals surface area contributed by atoms with Crippen LogP contribution in [-0.2, 0) is 9.59 Å². The van der Waals surface area contributed by atoms with Crippen LogP contribution in [0.1, 0.15) is 0 Å². The van der Waals surface area contributed by atoms with Gasteiger partial charge in [0.05, 0.1) is 0 Å². The zero-order valence-electron chi connectivity index (χ0n) is 16.0. The second-order valence-electron chi connectivity index (χ2n) is 7.92. The number of hydrogen-bond acceptors (Lipinski definition) is 4. The quantitative estimate of drug-likeness (QED) is 0.435. The normalized spacial score (nSPS) is 25.9. The minimum Gasteiger partial charge on any atom is -0.422 e. The lowest BCUT2D eigenvalue weighted by molar-refractivity contribution is -1.07. The first kappa shape index (κ1) is 18.7. The van der Waals surface area contributed by atoms with Crippen molar-refractivity contribution in [2.45, 2.75) is 0 Å². The lowest BCUT2D eigenvalue weighted by atomic mass is 10.1. The number of esters is 2. The van der Waals surface area contributed by atoms with E-state index in [0.717, 1.165) is 48.2 Å². The Kier molecular flexibility index (Phi) is 5.15. The maximum Gasteiger partial charge on any atom is 0.367 e. The molecule has 0 unspecified atom stereocenters. The van der Waals surface area contributed by atoms with E-state index in [1.807, 2.05) is 36.4 Å². The van der Waals surface area contributed by atoms with Crippen molar-refractivity contribution >= 4 is 11.9 Å². The molecule has 0 amide bonds. The molecule has 0 N–H and O–H groups in total. The molecule has 6 heteroatoms. The van der Waals surface area contributed by atoms with E-state index in [-0.39, 0.29) is 11.9 Å². The molecule has 28 heavy (non-hydrogen) atoms. The summed E-state index contributed by atoms with van der Waals surface area (Å²) in [5.41, 5.74) is 0. The van der Waals surface area contributed by atoms with Crippen molar-refractivity contribution in [3.8, 4) is 11.5 Å². The van der Waals surface area contributed by atoms with Gasteiger partial charge in [0.1, 0.15) is 50.8 Å². The molecule has 0 spiro atoms. The predicted molar refractivity (Wildman–Crippen MR) is 104 cm³/mol. The summed E-state index contributed by atoms with van der Waals surface area (Å²) in [5, 5.41) is 0. The second kappa shape index (κ2) is 7.73. The molecule has 146 valence electrons. The van der Waals surface area contributed by atoms with Gasteiger partial charge in [0.2, 0.25) is 0 Å². The molecule has 3 heterocycles. The standard InChI is InChI=1S/C22H26N2O4/c25-21(27-19-7-3-1-4-8-19)17-23-11-14-24(15-12-23,16-13-23)18-22(26)28-20-9-5-2-6-10-20/h1-10H,11-18H2/q+2. The summed E-state index contributed by atoms with van der Waals surface area (Å²) in [7, 11) is 0. The van der Waals surface area contributed by atoms with E-state index < -0.39 is 0 Å². The Morgan fingerprint density at radius 3 is 1.25 bits per heavy atom. The fraction of sp³-hybridized carbons (Fsp3) is 0.364. The average Bonchev–Trinajstić information content (AvgIpc) is 2.70. The van der Waals surface area contributed by atoms with Gasteiger partial charge in [-0.3, -0.25) is 0 Å². The summed E-state index contributed by atoms with van der Waals surface area (Å²) >= 11 is 0. The number of benzene rings is 2. The van der Waals surface area contributed by atoms with Crippen LogP contribution in [0.2, 0.25) is 0 Å². The average molecular weight is 382 g/mol. The maximum absolute atomic E-state index is 12.4. The zero-order chi connectivity index (χ0) is 19.5. The number of piperazine rings is 3. The van der Waals surface area contributed by atoms with Crippen LogP contribution >= 0.6 is 0 Å². The SMILES string of the molecule is O=C(C[N+]12CC[N+](CC(=O)Oc3ccccc3)(CC1)CC2)Oc1ccccc1. The molecule has 2 aromatic carbocycles. The molecule has 2 aromatic rings. The highest BCUT2D eigenvalue weighted by atomic mass is 16.5. The Labute approximate surface area is 165 Å². The Morgan fingerprint density at radius 1 is 0.607 bits per heavy atom. The van der Waals surface area contributed by atoms with Gasteiger partial charge in [-0.25, -0.2) is 9.59 Å². The molecule has 3 aliphatic rings. The van der Waals surface area contributed by atoms with Crippen molar-refractivity contribution in [3.63, 3.8) is 0 Å². The minimum absolute atomic E-state index is 0.184. The van der Waals surface area contributed by atoms with Gasteiger partial charge in [-0.1, -0.05) is 36.4 Å². The van der Waals surface area contributed by atoms with Crippen LogP contribution in [0, 0.1) is 0 Å². The van der Waals surface area contributed by atoms with Gasteiger partial charge >= 0.3 is 11.9 Å². The zero-order valence-corrected chi connectivity index (χ0v) is 16.0. The number of fused-ring (bicyclic) bond motifs is 3. The highest BCUT2D eigenvalue weighted by Gasteiger charge is 2.51. The third-order valence-corrected chi connectivity index (χ3v) is 6.02. The van der Waals surface area contributed by atoms with E-state index in [1.165, 1.54) is 0 Å². The Hall–Kier alpha value is -2.70. The van der Waals surface area contributed by atoms with Gasteiger partial charge in [0.25, 0.3) is 0 Å². The lowest BCUT2D eigenvalue weighted by Crippen LogP contribution is -2.76. The largest absolute Gasteiger partial charge is 0.422 e. The number of hydrogen-bond donors (Lipinski definition) is 0. The molecule has 3 aliphatic heterocycles. The summed E-state index contributed by atoms with van der Waals surface area (Å²) in [5.74, 6) is 0.815. The lowest BCUT2D eigenvalue weighted by Gasteiger charge is -2.54. The highest BCUT2D eigenvalue weighted by molar-refractivity contribution is 5.74. The van der Waals surface area contributed by atoms with E-state index >= 15 is 0 Å². The van der Waals surface area contributed by atoms with Gasteiger partial charge in [-0.05, 0) is 24.3 Å².